The highest BCUT2D eigenvalue weighted by atomic mass is 16.6. The molecule has 0 saturated heterocycles. The van der Waals surface area contributed by atoms with Crippen LogP contribution in [-0.4, -0.2) is 29.8 Å². The molecule has 2 amide bonds. The van der Waals surface area contributed by atoms with Gasteiger partial charge in [-0.15, -0.1) is 0 Å². The molecule has 2 aromatic rings. The third-order valence-electron chi connectivity index (χ3n) is 3.58. The minimum atomic E-state index is -0.455. The number of nitrogens with zero attached hydrogens (tertiary/aromatic N) is 1. The first-order chi connectivity index (χ1) is 12.5. The van der Waals surface area contributed by atoms with Crippen LogP contribution in [0.25, 0.3) is 0 Å². The molecule has 0 aromatic heterocycles. The molecule has 0 radical (unpaired) electrons. The number of hydrogen-bond acceptors (Lipinski definition) is 5. The Hall–Kier alpha value is -3.42. The van der Waals surface area contributed by atoms with Crippen LogP contribution >= 0.6 is 0 Å². The monoisotopic (exact) mass is 356 g/mol. The van der Waals surface area contributed by atoms with E-state index in [1.54, 1.807) is 42.5 Å². The van der Waals surface area contributed by atoms with Crippen molar-refractivity contribution >= 4 is 23.2 Å². The van der Waals surface area contributed by atoms with E-state index in [1.165, 1.54) is 13.0 Å². The van der Waals surface area contributed by atoms with Gasteiger partial charge < -0.3 is 16.0 Å². The molecule has 136 valence electrons. The summed E-state index contributed by atoms with van der Waals surface area (Å²) in [6, 6.07) is 13.3. The van der Waals surface area contributed by atoms with E-state index in [2.05, 4.69) is 16.0 Å². The molecule has 0 fully saturated rings. The van der Waals surface area contributed by atoms with Gasteiger partial charge in [0.15, 0.2) is 0 Å². The third kappa shape index (κ3) is 5.59. The van der Waals surface area contributed by atoms with Gasteiger partial charge in [-0.3, -0.25) is 19.7 Å². The van der Waals surface area contributed by atoms with Gasteiger partial charge in [0.25, 0.3) is 11.6 Å². The summed E-state index contributed by atoms with van der Waals surface area (Å²) in [6.45, 7) is 2.53. The van der Waals surface area contributed by atoms with Crippen LogP contribution in [0.15, 0.2) is 48.5 Å². The quantitative estimate of drug-likeness (QED) is 0.381. The zero-order chi connectivity index (χ0) is 18.9. The summed E-state index contributed by atoms with van der Waals surface area (Å²) >= 11 is 0. The van der Waals surface area contributed by atoms with E-state index in [4.69, 9.17) is 0 Å². The number of carbonyl (C=O) groups is 2. The molecular weight excluding hydrogens is 336 g/mol. The molecule has 0 bridgehead atoms. The van der Waals surface area contributed by atoms with Gasteiger partial charge in [-0.05, 0) is 23.8 Å². The second-order valence-corrected chi connectivity index (χ2v) is 5.56. The molecule has 0 saturated carbocycles. The van der Waals surface area contributed by atoms with E-state index >= 15 is 0 Å². The second kappa shape index (κ2) is 9.16. The van der Waals surface area contributed by atoms with Gasteiger partial charge in [-0.1, -0.05) is 24.3 Å². The zero-order valence-electron chi connectivity index (χ0n) is 14.3. The number of nitrogens with one attached hydrogen (secondary N) is 3. The van der Waals surface area contributed by atoms with Crippen molar-refractivity contribution < 1.29 is 14.5 Å². The topological polar surface area (TPSA) is 113 Å². The maximum Gasteiger partial charge on any atom is 0.292 e. The predicted molar refractivity (Wildman–Crippen MR) is 97.9 cm³/mol. The van der Waals surface area contributed by atoms with E-state index in [0.29, 0.717) is 30.9 Å². The Bertz CT molecular complexity index is 790. The van der Waals surface area contributed by atoms with Gasteiger partial charge in [-0.2, -0.15) is 0 Å². The maximum atomic E-state index is 12.1. The second-order valence-electron chi connectivity index (χ2n) is 5.56. The van der Waals surface area contributed by atoms with Crippen molar-refractivity contribution in [3.8, 4) is 0 Å². The summed E-state index contributed by atoms with van der Waals surface area (Å²) in [7, 11) is 0. The fourth-order valence-corrected chi connectivity index (χ4v) is 2.26. The van der Waals surface area contributed by atoms with E-state index in [-0.39, 0.29) is 17.5 Å². The lowest BCUT2D eigenvalue weighted by atomic mass is 10.1. The molecule has 0 aliphatic carbocycles. The standard InChI is InChI=1S/C18H20N4O4/c1-13(23)21-12-14-6-8-15(9-7-14)18(24)20-11-10-19-16-4-2-3-5-17(16)22(25)26/h2-9,19H,10-12H2,1H3,(H,20,24)(H,21,23). The van der Waals surface area contributed by atoms with Crippen molar-refractivity contribution in [2.75, 3.05) is 18.4 Å². The molecule has 0 atom stereocenters. The van der Waals surface area contributed by atoms with Crippen molar-refractivity contribution in [3.05, 3.63) is 69.8 Å². The smallest absolute Gasteiger partial charge is 0.292 e. The number of nitro benzene ring substituents is 1. The van der Waals surface area contributed by atoms with Gasteiger partial charge in [0.2, 0.25) is 5.91 Å². The Kier molecular flexibility index (Phi) is 6.67. The maximum absolute atomic E-state index is 12.1. The minimum absolute atomic E-state index is 0.00594. The fraction of sp³-hybridized carbons (Fsp3) is 0.222. The van der Waals surface area contributed by atoms with E-state index in [1.807, 2.05) is 0 Å². The molecule has 2 aromatic carbocycles. The number of benzene rings is 2. The number of amides is 2. The molecule has 0 unspecified atom stereocenters. The molecule has 0 aliphatic rings. The molecule has 0 spiro atoms. The van der Waals surface area contributed by atoms with Crippen LogP contribution in [0.2, 0.25) is 0 Å². The lowest BCUT2D eigenvalue weighted by molar-refractivity contribution is -0.384. The highest BCUT2D eigenvalue weighted by molar-refractivity contribution is 5.94. The third-order valence-corrected chi connectivity index (χ3v) is 3.58. The molecule has 3 N–H and O–H groups in total. The first kappa shape index (κ1) is 18.9. The average molecular weight is 356 g/mol. The Morgan fingerprint density at radius 2 is 1.69 bits per heavy atom. The molecule has 0 heterocycles. The molecular formula is C18H20N4O4. The van der Waals surface area contributed by atoms with Crippen LogP contribution in [0, 0.1) is 10.1 Å². The van der Waals surface area contributed by atoms with E-state index in [0.717, 1.165) is 5.56 Å². The number of para-hydroxylation sites is 2. The van der Waals surface area contributed by atoms with Gasteiger partial charge in [0, 0.05) is 38.2 Å². The number of nitro groups is 1. The highest BCUT2D eigenvalue weighted by Crippen LogP contribution is 2.22. The van der Waals surface area contributed by atoms with Crippen molar-refractivity contribution in [1.82, 2.24) is 10.6 Å². The molecule has 0 aliphatic heterocycles. The van der Waals surface area contributed by atoms with Crippen LogP contribution in [0.3, 0.4) is 0 Å². The Morgan fingerprint density at radius 3 is 2.35 bits per heavy atom. The summed E-state index contributed by atoms with van der Waals surface area (Å²) in [5.41, 5.74) is 1.81. The zero-order valence-corrected chi connectivity index (χ0v) is 14.3. The number of carbonyl (C=O) groups excluding carboxylic acids is 2. The lowest BCUT2D eigenvalue weighted by Gasteiger charge is -2.09. The summed E-state index contributed by atoms with van der Waals surface area (Å²) in [4.78, 5) is 33.4. The lowest BCUT2D eigenvalue weighted by Crippen LogP contribution is -2.28. The fourth-order valence-electron chi connectivity index (χ4n) is 2.26. The summed E-state index contributed by atoms with van der Waals surface area (Å²) in [5, 5.41) is 19.3. The Labute approximate surface area is 150 Å². The van der Waals surface area contributed by atoms with Crippen molar-refractivity contribution in [2.24, 2.45) is 0 Å². The summed E-state index contributed by atoms with van der Waals surface area (Å²) < 4.78 is 0. The van der Waals surface area contributed by atoms with Crippen LogP contribution < -0.4 is 16.0 Å². The van der Waals surface area contributed by atoms with Crippen molar-refractivity contribution in [1.29, 1.82) is 0 Å². The predicted octanol–water partition coefficient (Wildman–Crippen LogP) is 2.07. The van der Waals surface area contributed by atoms with Crippen LogP contribution in [0.5, 0.6) is 0 Å². The normalized spacial score (nSPS) is 10.0. The number of hydrogen-bond donors (Lipinski definition) is 3. The van der Waals surface area contributed by atoms with Gasteiger partial charge in [0.1, 0.15) is 5.69 Å². The summed E-state index contributed by atoms with van der Waals surface area (Å²) in [6.07, 6.45) is 0. The largest absolute Gasteiger partial charge is 0.378 e. The molecule has 8 nitrogen and oxygen atoms in total. The highest BCUT2D eigenvalue weighted by Gasteiger charge is 2.11. The average Bonchev–Trinajstić information content (AvgIpc) is 2.64. The Balaban J connectivity index is 1.80. The number of rotatable bonds is 8. The van der Waals surface area contributed by atoms with Crippen LogP contribution in [0.1, 0.15) is 22.8 Å². The molecule has 8 heteroatoms. The SMILES string of the molecule is CC(=O)NCc1ccc(C(=O)NCCNc2ccccc2[N+](=O)[O-])cc1. The van der Waals surface area contributed by atoms with Crippen LogP contribution in [-0.2, 0) is 11.3 Å². The minimum Gasteiger partial charge on any atom is -0.378 e. The van der Waals surface area contributed by atoms with Crippen LogP contribution in [0.4, 0.5) is 11.4 Å². The van der Waals surface area contributed by atoms with Crippen molar-refractivity contribution in [3.63, 3.8) is 0 Å². The number of anilines is 1. The van der Waals surface area contributed by atoms with Gasteiger partial charge >= 0.3 is 0 Å². The van der Waals surface area contributed by atoms with E-state index < -0.39 is 4.92 Å². The van der Waals surface area contributed by atoms with Gasteiger partial charge in [-0.25, -0.2) is 0 Å². The summed E-state index contributed by atoms with van der Waals surface area (Å²) in [5.74, 6) is -0.349. The first-order valence-electron chi connectivity index (χ1n) is 8.06. The van der Waals surface area contributed by atoms with E-state index in [9.17, 15) is 19.7 Å². The molecule has 2 rings (SSSR count). The van der Waals surface area contributed by atoms with Crippen molar-refractivity contribution in [2.45, 2.75) is 13.5 Å². The Morgan fingerprint density at radius 1 is 1.00 bits per heavy atom. The molecule has 26 heavy (non-hydrogen) atoms. The van der Waals surface area contributed by atoms with Gasteiger partial charge in [0.05, 0.1) is 4.92 Å². The first-order valence-corrected chi connectivity index (χ1v) is 8.06.